The fourth-order valence-electron chi connectivity index (χ4n) is 3.95. The molecule has 5 heteroatoms. The first-order valence-corrected chi connectivity index (χ1v) is 9.38. The van der Waals surface area contributed by atoms with Crippen molar-refractivity contribution < 1.29 is 19.0 Å². The van der Waals surface area contributed by atoms with Crippen molar-refractivity contribution in [3.05, 3.63) is 30.3 Å². The van der Waals surface area contributed by atoms with Gasteiger partial charge in [0.25, 0.3) is 0 Å². The van der Waals surface area contributed by atoms with Crippen LogP contribution in [-0.4, -0.2) is 56.4 Å². The third-order valence-corrected chi connectivity index (χ3v) is 5.26. The van der Waals surface area contributed by atoms with E-state index in [-0.39, 0.29) is 17.4 Å². The average molecular weight is 347 g/mol. The second-order valence-corrected chi connectivity index (χ2v) is 6.98. The zero-order valence-electron chi connectivity index (χ0n) is 15.1. The highest BCUT2D eigenvalue weighted by molar-refractivity contribution is 5.76. The molecule has 2 fully saturated rings. The number of para-hydroxylation sites is 1. The summed E-state index contributed by atoms with van der Waals surface area (Å²) in [5.41, 5.74) is -0.0392. The Balaban J connectivity index is 1.54. The third kappa shape index (κ3) is 4.53. The monoisotopic (exact) mass is 347 g/mol. The number of ether oxygens (including phenoxy) is 3. The Labute approximate surface area is 150 Å². The summed E-state index contributed by atoms with van der Waals surface area (Å²) in [6.45, 7) is 6.15. The molecule has 2 saturated heterocycles. The predicted octanol–water partition coefficient (Wildman–Crippen LogP) is 2.89. The fraction of sp³-hybridized carbons (Fsp3) is 0.650. The van der Waals surface area contributed by atoms with Gasteiger partial charge in [-0.1, -0.05) is 18.2 Å². The normalized spacial score (nSPS) is 26.1. The van der Waals surface area contributed by atoms with E-state index in [0.717, 1.165) is 44.7 Å². The van der Waals surface area contributed by atoms with Crippen molar-refractivity contribution >= 4 is 5.91 Å². The van der Waals surface area contributed by atoms with Gasteiger partial charge in [0.1, 0.15) is 5.75 Å². The topological polar surface area (TPSA) is 48.0 Å². The summed E-state index contributed by atoms with van der Waals surface area (Å²) in [6.07, 6.45) is 3.64. The maximum Gasteiger partial charge on any atom is 0.226 e. The lowest BCUT2D eigenvalue weighted by molar-refractivity contribution is -0.164. The van der Waals surface area contributed by atoms with Crippen LogP contribution in [0, 0.1) is 5.41 Å². The molecule has 2 aliphatic heterocycles. The Morgan fingerprint density at radius 3 is 3.00 bits per heavy atom. The van der Waals surface area contributed by atoms with Gasteiger partial charge >= 0.3 is 0 Å². The van der Waals surface area contributed by atoms with Gasteiger partial charge in [-0.2, -0.15) is 0 Å². The number of nitrogens with zero attached hydrogens (tertiary/aromatic N) is 1. The molecule has 1 aromatic rings. The predicted molar refractivity (Wildman–Crippen MR) is 95.7 cm³/mol. The molecule has 3 rings (SSSR count). The molecule has 0 N–H and O–H groups in total. The van der Waals surface area contributed by atoms with Gasteiger partial charge < -0.3 is 19.1 Å². The summed E-state index contributed by atoms with van der Waals surface area (Å²) in [6, 6.07) is 9.63. The number of likely N-dealkylation sites (tertiary alicyclic amines) is 1. The van der Waals surface area contributed by atoms with Crippen molar-refractivity contribution in [1.29, 1.82) is 0 Å². The molecule has 0 spiro atoms. The molecular weight excluding hydrogens is 318 g/mol. The number of amides is 1. The molecule has 1 aromatic carbocycles. The first-order chi connectivity index (χ1) is 12.2. The van der Waals surface area contributed by atoms with Crippen molar-refractivity contribution in [2.45, 2.75) is 38.7 Å². The zero-order valence-corrected chi connectivity index (χ0v) is 15.1. The minimum Gasteiger partial charge on any atom is -0.493 e. The third-order valence-electron chi connectivity index (χ3n) is 5.26. The Morgan fingerprint density at radius 2 is 2.20 bits per heavy atom. The van der Waals surface area contributed by atoms with Crippen LogP contribution >= 0.6 is 0 Å². The molecule has 0 unspecified atom stereocenters. The lowest BCUT2D eigenvalue weighted by Crippen LogP contribution is -2.58. The van der Waals surface area contributed by atoms with E-state index in [2.05, 4.69) is 0 Å². The van der Waals surface area contributed by atoms with Gasteiger partial charge in [-0.05, 0) is 38.3 Å². The van der Waals surface area contributed by atoms with E-state index in [9.17, 15) is 4.79 Å². The minimum absolute atomic E-state index is 0.0392. The molecule has 0 radical (unpaired) electrons. The van der Waals surface area contributed by atoms with Crippen LogP contribution < -0.4 is 4.74 Å². The van der Waals surface area contributed by atoms with Gasteiger partial charge in [-0.15, -0.1) is 0 Å². The molecule has 5 nitrogen and oxygen atoms in total. The minimum atomic E-state index is -0.0392. The van der Waals surface area contributed by atoms with E-state index >= 15 is 0 Å². The Kier molecular flexibility index (Phi) is 6.32. The summed E-state index contributed by atoms with van der Waals surface area (Å²) in [5, 5.41) is 0. The van der Waals surface area contributed by atoms with Gasteiger partial charge in [0.2, 0.25) is 5.91 Å². The summed E-state index contributed by atoms with van der Waals surface area (Å²) >= 11 is 0. The van der Waals surface area contributed by atoms with Gasteiger partial charge in [-0.3, -0.25) is 4.79 Å². The van der Waals surface area contributed by atoms with Crippen molar-refractivity contribution in [3.8, 4) is 5.75 Å². The van der Waals surface area contributed by atoms with E-state index in [1.54, 1.807) is 0 Å². The number of benzene rings is 1. The highest BCUT2D eigenvalue weighted by atomic mass is 16.5. The smallest absolute Gasteiger partial charge is 0.226 e. The Bertz CT molecular complexity index is 550. The van der Waals surface area contributed by atoms with Crippen molar-refractivity contribution in [2.24, 2.45) is 5.41 Å². The van der Waals surface area contributed by atoms with Crippen LogP contribution in [0.2, 0.25) is 0 Å². The second kappa shape index (κ2) is 8.68. The summed E-state index contributed by atoms with van der Waals surface area (Å²) in [4.78, 5) is 14.6. The SMILES string of the molecule is CCOC[C@]12CCCO[C@@H]1CCN(C(=O)CCOc1ccccc1)C2. The van der Waals surface area contributed by atoms with Crippen molar-refractivity contribution in [1.82, 2.24) is 4.90 Å². The van der Waals surface area contributed by atoms with E-state index in [1.807, 2.05) is 42.2 Å². The van der Waals surface area contributed by atoms with E-state index in [4.69, 9.17) is 14.2 Å². The molecular formula is C20H29NO4. The lowest BCUT2D eigenvalue weighted by Gasteiger charge is -2.50. The maximum absolute atomic E-state index is 12.6. The molecule has 0 aliphatic carbocycles. The van der Waals surface area contributed by atoms with Crippen molar-refractivity contribution in [2.75, 3.05) is 39.5 Å². The van der Waals surface area contributed by atoms with Crippen LogP contribution in [0.1, 0.15) is 32.6 Å². The average Bonchev–Trinajstić information content (AvgIpc) is 2.66. The number of piperidine rings is 1. The number of hydrogen-bond donors (Lipinski definition) is 0. The highest BCUT2D eigenvalue weighted by Crippen LogP contribution is 2.40. The number of carbonyl (C=O) groups excluding carboxylic acids is 1. The van der Waals surface area contributed by atoms with Crippen LogP contribution in [0.4, 0.5) is 0 Å². The first kappa shape index (κ1) is 18.2. The number of carbonyl (C=O) groups is 1. The lowest BCUT2D eigenvalue weighted by atomic mass is 9.73. The molecule has 25 heavy (non-hydrogen) atoms. The number of hydrogen-bond acceptors (Lipinski definition) is 4. The molecule has 2 aliphatic rings. The molecule has 2 atom stereocenters. The zero-order chi connectivity index (χ0) is 17.5. The van der Waals surface area contributed by atoms with E-state index < -0.39 is 0 Å². The summed E-state index contributed by atoms with van der Waals surface area (Å²) in [7, 11) is 0. The summed E-state index contributed by atoms with van der Waals surface area (Å²) < 4.78 is 17.4. The van der Waals surface area contributed by atoms with Gasteiger partial charge in [0, 0.05) is 31.7 Å². The first-order valence-electron chi connectivity index (χ1n) is 9.38. The van der Waals surface area contributed by atoms with Crippen molar-refractivity contribution in [3.63, 3.8) is 0 Å². The largest absolute Gasteiger partial charge is 0.493 e. The molecule has 0 saturated carbocycles. The molecule has 0 bridgehead atoms. The second-order valence-electron chi connectivity index (χ2n) is 6.98. The van der Waals surface area contributed by atoms with Crippen LogP contribution in [0.5, 0.6) is 5.75 Å². The molecule has 1 amide bonds. The quantitative estimate of drug-likeness (QED) is 0.761. The standard InChI is InChI=1S/C20H29NO4/c1-2-23-16-20-11-6-13-25-18(20)9-12-21(15-20)19(22)10-14-24-17-7-4-3-5-8-17/h3-5,7-8,18H,2,6,9-16H2,1H3/t18-,20-/m1/s1. The van der Waals surface area contributed by atoms with Gasteiger partial charge in [0.05, 0.1) is 25.7 Å². The van der Waals surface area contributed by atoms with E-state index in [1.165, 1.54) is 0 Å². The molecule has 138 valence electrons. The highest BCUT2D eigenvalue weighted by Gasteiger charge is 2.47. The Morgan fingerprint density at radius 1 is 1.36 bits per heavy atom. The molecule has 2 heterocycles. The fourth-order valence-corrected chi connectivity index (χ4v) is 3.95. The van der Waals surface area contributed by atoms with Crippen LogP contribution in [0.15, 0.2) is 30.3 Å². The van der Waals surface area contributed by atoms with Gasteiger partial charge in [0.15, 0.2) is 0 Å². The summed E-state index contributed by atoms with van der Waals surface area (Å²) in [5.74, 6) is 0.971. The number of rotatable bonds is 7. The Hall–Kier alpha value is -1.59. The van der Waals surface area contributed by atoms with Crippen LogP contribution in [-0.2, 0) is 14.3 Å². The maximum atomic E-state index is 12.6. The van der Waals surface area contributed by atoms with E-state index in [0.29, 0.717) is 26.2 Å². The number of fused-ring (bicyclic) bond motifs is 1. The van der Waals surface area contributed by atoms with Crippen LogP contribution in [0.25, 0.3) is 0 Å². The molecule has 0 aromatic heterocycles. The van der Waals surface area contributed by atoms with Gasteiger partial charge in [-0.25, -0.2) is 0 Å². The van der Waals surface area contributed by atoms with Crippen LogP contribution in [0.3, 0.4) is 0 Å².